The van der Waals surface area contributed by atoms with Gasteiger partial charge in [0.05, 0.1) is 11.6 Å². The lowest BCUT2D eigenvalue weighted by Gasteiger charge is -2.01. The van der Waals surface area contributed by atoms with E-state index in [0.717, 1.165) is 16.3 Å². The maximum atomic E-state index is 8.91. The Morgan fingerprint density at radius 1 is 1.00 bits per heavy atom. The van der Waals surface area contributed by atoms with E-state index < -0.39 is 0 Å². The Bertz CT molecular complexity index is 640. The molecule has 2 aromatic rings. The molecule has 0 unspecified atom stereocenters. The van der Waals surface area contributed by atoms with Crippen LogP contribution in [-0.4, -0.2) is 0 Å². The van der Waals surface area contributed by atoms with E-state index in [4.69, 9.17) is 10.5 Å². The van der Waals surface area contributed by atoms with Gasteiger partial charge in [0.2, 0.25) is 0 Å². The Kier molecular flexibility index (Phi) is 2.67. The molecule has 2 rings (SSSR count). The zero-order valence-electron chi connectivity index (χ0n) is 8.51. The highest BCUT2D eigenvalue weighted by atomic mass is 14.3. The molecule has 0 aromatic heterocycles. The average Bonchev–Trinajstić information content (AvgIpc) is 2.35. The first kappa shape index (κ1) is 9.96. The topological polar surface area (TPSA) is 47.6 Å². The summed E-state index contributed by atoms with van der Waals surface area (Å²) in [6.45, 7) is 0. The second-order valence-electron chi connectivity index (χ2n) is 3.36. The van der Waals surface area contributed by atoms with E-state index in [9.17, 15) is 0 Å². The first-order valence-electron chi connectivity index (χ1n) is 4.84. The maximum absolute atomic E-state index is 8.91. The average molecular weight is 204 g/mol. The number of fused-ring (bicyclic) bond motifs is 1. The fourth-order valence-corrected chi connectivity index (χ4v) is 1.60. The molecule has 0 amide bonds. The molecule has 0 fully saturated rings. The molecule has 0 spiro atoms. The third kappa shape index (κ3) is 1.78. The van der Waals surface area contributed by atoms with Crippen LogP contribution < -0.4 is 0 Å². The van der Waals surface area contributed by atoms with Crippen molar-refractivity contribution in [1.29, 1.82) is 10.5 Å². The Balaban J connectivity index is 2.61. The van der Waals surface area contributed by atoms with Crippen LogP contribution in [0.1, 0.15) is 5.56 Å². The number of benzene rings is 2. The molecule has 0 N–H and O–H groups in total. The van der Waals surface area contributed by atoms with Crippen LogP contribution in [0.5, 0.6) is 0 Å². The predicted molar refractivity (Wildman–Crippen MR) is 63.2 cm³/mol. The van der Waals surface area contributed by atoms with E-state index in [2.05, 4.69) is 0 Å². The summed E-state index contributed by atoms with van der Waals surface area (Å²) in [6, 6.07) is 17.5. The second kappa shape index (κ2) is 4.29. The molecule has 0 heterocycles. The summed E-state index contributed by atoms with van der Waals surface area (Å²) >= 11 is 0. The molecule has 0 aliphatic carbocycles. The minimum Gasteiger partial charge on any atom is -0.193 e. The molecule has 0 saturated carbocycles. The monoisotopic (exact) mass is 204 g/mol. The summed E-state index contributed by atoms with van der Waals surface area (Å²) in [5.74, 6) is 0. The summed E-state index contributed by atoms with van der Waals surface area (Å²) < 4.78 is 0. The zero-order chi connectivity index (χ0) is 11.4. The van der Waals surface area contributed by atoms with Crippen molar-refractivity contribution in [1.82, 2.24) is 0 Å². The molecule has 16 heavy (non-hydrogen) atoms. The van der Waals surface area contributed by atoms with Crippen molar-refractivity contribution in [2.24, 2.45) is 0 Å². The molecule has 74 valence electrons. The van der Waals surface area contributed by atoms with Gasteiger partial charge in [-0.05, 0) is 22.4 Å². The van der Waals surface area contributed by atoms with E-state index in [1.165, 1.54) is 6.08 Å². The zero-order valence-corrected chi connectivity index (χ0v) is 8.51. The summed E-state index contributed by atoms with van der Waals surface area (Å²) in [4.78, 5) is 0. The van der Waals surface area contributed by atoms with E-state index in [1.54, 1.807) is 0 Å². The highest BCUT2D eigenvalue weighted by Gasteiger charge is 2.01. The van der Waals surface area contributed by atoms with Gasteiger partial charge in [-0.3, -0.25) is 0 Å². The molecule has 2 nitrogen and oxygen atoms in total. The number of rotatable bonds is 1. The molecule has 0 aliphatic rings. The standard InChI is InChI=1S/C14H8N2/c15-8-7-14(10-16)13-6-5-11-3-1-2-4-12(11)9-13/h1-7,9H/b14-7-. The molecule has 0 saturated heterocycles. The highest BCUT2D eigenvalue weighted by molar-refractivity contribution is 5.89. The number of hydrogen-bond acceptors (Lipinski definition) is 2. The SMILES string of the molecule is N#C/C=C(/C#N)c1ccc2ccccc2c1. The lowest BCUT2D eigenvalue weighted by Crippen LogP contribution is -1.81. The van der Waals surface area contributed by atoms with Gasteiger partial charge >= 0.3 is 0 Å². The number of nitrogens with zero attached hydrogens (tertiary/aromatic N) is 2. The molecule has 2 heteroatoms. The number of hydrogen-bond donors (Lipinski definition) is 0. The van der Waals surface area contributed by atoms with Gasteiger partial charge in [0.1, 0.15) is 6.07 Å². The van der Waals surface area contributed by atoms with Crippen molar-refractivity contribution in [3.8, 4) is 12.1 Å². The van der Waals surface area contributed by atoms with Crippen molar-refractivity contribution in [2.75, 3.05) is 0 Å². The Hall–Kier alpha value is -2.58. The van der Waals surface area contributed by atoms with Gasteiger partial charge in [0.15, 0.2) is 0 Å². The van der Waals surface area contributed by atoms with Gasteiger partial charge in [-0.15, -0.1) is 0 Å². The minimum atomic E-state index is 0.397. The molecule has 0 atom stereocenters. The first-order chi connectivity index (χ1) is 7.85. The van der Waals surface area contributed by atoms with Crippen LogP contribution in [-0.2, 0) is 0 Å². The first-order valence-corrected chi connectivity index (χ1v) is 4.84. The van der Waals surface area contributed by atoms with Gasteiger partial charge in [0.25, 0.3) is 0 Å². The van der Waals surface area contributed by atoms with Crippen molar-refractivity contribution in [2.45, 2.75) is 0 Å². The van der Waals surface area contributed by atoms with E-state index in [-0.39, 0.29) is 0 Å². The summed E-state index contributed by atoms with van der Waals surface area (Å²) in [6.07, 6.45) is 1.27. The van der Waals surface area contributed by atoms with Crippen LogP contribution in [0.15, 0.2) is 48.5 Å². The molecule has 0 bridgehead atoms. The fraction of sp³-hybridized carbons (Fsp3) is 0. The quantitative estimate of drug-likeness (QED) is 0.669. The molecule has 0 radical (unpaired) electrons. The normalized spacial score (nSPS) is 10.8. The molecular formula is C14H8N2. The summed E-state index contributed by atoms with van der Waals surface area (Å²) in [7, 11) is 0. The van der Waals surface area contributed by atoms with Crippen LogP contribution in [0, 0.1) is 22.7 Å². The van der Waals surface area contributed by atoms with Gasteiger partial charge in [-0.25, -0.2) is 0 Å². The fourth-order valence-electron chi connectivity index (χ4n) is 1.60. The second-order valence-corrected chi connectivity index (χ2v) is 3.36. The van der Waals surface area contributed by atoms with Crippen molar-refractivity contribution < 1.29 is 0 Å². The Morgan fingerprint density at radius 2 is 1.75 bits per heavy atom. The van der Waals surface area contributed by atoms with Crippen molar-refractivity contribution in [3.05, 3.63) is 54.1 Å². The smallest absolute Gasteiger partial charge is 0.101 e. The van der Waals surface area contributed by atoms with Crippen LogP contribution in [0.2, 0.25) is 0 Å². The van der Waals surface area contributed by atoms with Gasteiger partial charge in [-0.2, -0.15) is 10.5 Å². The lowest BCUT2D eigenvalue weighted by atomic mass is 10.0. The van der Waals surface area contributed by atoms with E-state index >= 15 is 0 Å². The maximum Gasteiger partial charge on any atom is 0.101 e. The predicted octanol–water partition coefficient (Wildman–Crippen LogP) is 3.27. The third-order valence-corrected chi connectivity index (χ3v) is 2.39. The Labute approximate surface area is 93.7 Å². The van der Waals surface area contributed by atoms with Crippen LogP contribution >= 0.6 is 0 Å². The summed E-state index contributed by atoms with van der Waals surface area (Å²) in [5, 5.41) is 19.7. The lowest BCUT2D eigenvalue weighted by molar-refractivity contribution is 1.51. The van der Waals surface area contributed by atoms with Gasteiger partial charge in [-0.1, -0.05) is 36.4 Å². The third-order valence-electron chi connectivity index (χ3n) is 2.39. The van der Waals surface area contributed by atoms with Crippen LogP contribution in [0.25, 0.3) is 16.3 Å². The molecular weight excluding hydrogens is 196 g/mol. The minimum absolute atomic E-state index is 0.397. The molecule has 0 aliphatic heterocycles. The van der Waals surface area contributed by atoms with Gasteiger partial charge < -0.3 is 0 Å². The van der Waals surface area contributed by atoms with Crippen molar-refractivity contribution >= 4 is 16.3 Å². The Morgan fingerprint density at radius 3 is 2.44 bits per heavy atom. The van der Waals surface area contributed by atoms with Crippen LogP contribution in [0.4, 0.5) is 0 Å². The molecule has 2 aromatic carbocycles. The van der Waals surface area contributed by atoms with Gasteiger partial charge in [0, 0.05) is 6.08 Å². The van der Waals surface area contributed by atoms with E-state index in [0.29, 0.717) is 5.57 Å². The van der Waals surface area contributed by atoms with E-state index in [1.807, 2.05) is 54.6 Å². The summed E-state index contributed by atoms with van der Waals surface area (Å²) in [5.41, 5.74) is 1.18. The van der Waals surface area contributed by atoms with Crippen molar-refractivity contribution in [3.63, 3.8) is 0 Å². The number of allylic oxidation sites excluding steroid dienone is 2. The largest absolute Gasteiger partial charge is 0.193 e. The number of nitriles is 2. The highest BCUT2D eigenvalue weighted by Crippen LogP contribution is 2.20. The van der Waals surface area contributed by atoms with Crippen LogP contribution in [0.3, 0.4) is 0 Å².